The number of halogens is 1. The van der Waals surface area contributed by atoms with Gasteiger partial charge in [0, 0.05) is 42.1 Å². The molecule has 2 N–H and O–H groups in total. The van der Waals surface area contributed by atoms with E-state index in [1.54, 1.807) is 42.6 Å². The minimum atomic E-state index is -0.339. The first-order chi connectivity index (χ1) is 16.5. The lowest BCUT2D eigenvalue weighted by atomic mass is 9.95. The van der Waals surface area contributed by atoms with Crippen LogP contribution in [-0.2, 0) is 4.79 Å². The van der Waals surface area contributed by atoms with Gasteiger partial charge < -0.3 is 20.3 Å². The minimum absolute atomic E-state index is 0.0669. The van der Waals surface area contributed by atoms with Crippen molar-refractivity contribution in [3.8, 4) is 5.75 Å². The van der Waals surface area contributed by atoms with Crippen molar-refractivity contribution < 1.29 is 18.7 Å². The highest BCUT2D eigenvalue weighted by molar-refractivity contribution is 6.04. The normalized spacial score (nSPS) is 13.9. The van der Waals surface area contributed by atoms with Gasteiger partial charge in [0.05, 0.1) is 6.61 Å². The summed E-state index contributed by atoms with van der Waals surface area (Å²) in [5, 5.41) is 5.74. The molecule has 0 aliphatic carbocycles. The zero-order valence-electron chi connectivity index (χ0n) is 19.0. The van der Waals surface area contributed by atoms with Crippen molar-refractivity contribution in [2.75, 3.05) is 35.2 Å². The number of benzene rings is 2. The largest absolute Gasteiger partial charge is 0.494 e. The van der Waals surface area contributed by atoms with Crippen LogP contribution in [0.1, 0.15) is 30.1 Å². The van der Waals surface area contributed by atoms with E-state index < -0.39 is 0 Å². The van der Waals surface area contributed by atoms with Gasteiger partial charge in [0.1, 0.15) is 17.4 Å². The average molecular weight is 463 g/mol. The van der Waals surface area contributed by atoms with Gasteiger partial charge in [-0.3, -0.25) is 9.59 Å². The number of amides is 2. The monoisotopic (exact) mass is 462 g/mol. The Balaban J connectivity index is 1.32. The van der Waals surface area contributed by atoms with E-state index in [1.165, 1.54) is 12.1 Å². The van der Waals surface area contributed by atoms with Crippen molar-refractivity contribution in [2.45, 2.75) is 19.8 Å². The topological polar surface area (TPSA) is 83.6 Å². The number of carbonyl (C=O) groups is 2. The van der Waals surface area contributed by atoms with E-state index in [4.69, 9.17) is 4.74 Å². The highest BCUT2D eigenvalue weighted by atomic mass is 19.1. The molecule has 4 rings (SSSR count). The second-order valence-corrected chi connectivity index (χ2v) is 8.07. The van der Waals surface area contributed by atoms with Crippen LogP contribution in [0.15, 0.2) is 66.9 Å². The first-order valence-corrected chi connectivity index (χ1v) is 11.3. The molecule has 7 nitrogen and oxygen atoms in total. The average Bonchev–Trinajstić information content (AvgIpc) is 2.87. The van der Waals surface area contributed by atoms with Crippen LogP contribution >= 0.6 is 0 Å². The number of ether oxygens (including phenoxy) is 1. The van der Waals surface area contributed by atoms with Crippen molar-refractivity contribution in [3.63, 3.8) is 0 Å². The molecule has 2 heterocycles. The summed E-state index contributed by atoms with van der Waals surface area (Å²) < 4.78 is 18.5. The highest BCUT2D eigenvalue weighted by Gasteiger charge is 2.26. The Morgan fingerprint density at radius 2 is 1.65 bits per heavy atom. The predicted molar refractivity (Wildman–Crippen MR) is 130 cm³/mol. The second-order valence-electron chi connectivity index (χ2n) is 8.07. The molecule has 176 valence electrons. The number of pyridine rings is 1. The van der Waals surface area contributed by atoms with E-state index in [0.29, 0.717) is 55.3 Å². The van der Waals surface area contributed by atoms with Crippen molar-refractivity contribution in [1.29, 1.82) is 0 Å². The summed E-state index contributed by atoms with van der Waals surface area (Å²) in [6, 6.07) is 16.4. The van der Waals surface area contributed by atoms with Crippen molar-refractivity contribution in [1.82, 2.24) is 4.98 Å². The van der Waals surface area contributed by atoms with E-state index in [0.717, 1.165) is 5.75 Å². The number of nitrogens with zero attached hydrogens (tertiary/aromatic N) is 2. The maximum absolute atomic E-state index is 13.1. The van der Waals surface area contributed by atoms with Crippen molar-refractivity contribution >= 4 is 29.0 Å². The van der Waals surface area contributed by atoms with Gasteiger partial charge in [0.2, 0.25) is 5.91 Å². The molecule has 3 aromatic rings. The SMILES string of the molecule is CCOc1ccc(NC(=O)c2ccnc(N3CCC(C(=O)Nc4ccc(F)cc4)CC3)c2)cc1. The van der Waals surface area contributed by atoms with Crippen molar-refractivity contribution in [3.05, 3.63) is 78.2 Å². The van der Waals surface area contributed by atoms with Crippen LogP contribution < -0.4 is 20.3 Å². The molecule has 1 aromatic heterocycles. The van der Waals surface area contributed by atoms with Crippen molar-refractivity contribution in [2.24, 2.45) is 5.92 Å². The standard InChI is InChI=1S/C26H27FN4O3/c1-2-34-23-9-7-22(8-10-23)30-26(33)19-11-14-28-24(17-19)31-15-12-18(13-16-31)25(32)29-21-5-3-20(27)4-6-21/h3-11,14,17-18H,2,12-13,15-16H2,1H3,(H,29,32)(H,30,33). The third-order valence-electron chi connectivity index (χ3n) is 5.73. The van der Waals surface area contributed by atoms with E-state index in [1.807, 2.05) is 19.1 Å². The van der Waals surface area contributed by atoms with Crippen LogP contribution in [0, 0.1) is 11.7 Å². The summed E-state index contributed by atoms with van der Waals surface area (Å²) >= 11 is 0. The maximum Gasteiger partial charge on any atom is 0.255 e. The number of aromatic nitrogens is 1. The first-order valence-electron chi connectivity index (χ1n) is 11.3. The molecule has 0 spiro atoms. The first kappa shape index (κ1) is 23.2. The Morgan fingerprint density at radius 3 is 2.32 bits per heavy atom. The molecule has 0 unspecified atom stereocenters. The third-order valence-corrected chi connectivity index (χ3v) is 5.73. The molecule has 1 aliphatic rings. The van der Waals surface area contributed by atoms with Gasteiger partial charge >= 0.3 is 0 Å². The molecule has 0 bridgehead atoms. The quantitative estimate of drug-likeness (QED) is 0.531. The summed E-state index contributed by atoms with van der Waals surface area (Å²) in [5.41, 5.74) is 1.77. The lowest BCUT2D eigenvalue weighted by Gasteiger charge is -2.32. The molecule has 1 fully saturated rings. The van der Waals surface area contributed by atoms with Gasteiger partial charge in [-0.2, -0.15) is 0 Å². The molecule has 34 heavy (non-hydrogen) atoms. The third kappa shape index (κ3) is 5.89. The number of anilines is 3. The van der Waals surface area contributed by atoms with E-state index in [-0.39, 0.29) is 23.5 Å². The van der Waals surface area contributed by atoms with E-state index in [2.05, 4.69) is 20.5 Å². The number of nitrogens with one attached hydrogen (secondary N) is 2. The molecule has 0 atom stereocenters. The van der Waals surface area contributed by atoms with E-state index in [9.17, 15) is 14.0 Å². The highest BCUT2D eigenvalue weighted by Crippen LogP contribution is 2.24. The van der Waals surface area contributed by atoms with Crippen LogP contribution in [-0.4, -0.2) is 36.5 Å². The fraction of sp³-hybridized carbons (Fsp3) is 0.269. The Hall–Kier alpha value is -3.94. The van der Waals surface area contributed by atoms with Crippen LogP contribution in [0.25, 0.3) is 0 Å². The molecule has 8 heteroatoms. The maximum atomic E-state index is 13.1. The number of rotatable bonds is 7. The zero-order chi connectivity index (χ0) is 23.9. The van der Waals surface area contributed by atoms with Crippen LogP contribution in [0.4, 0.5) is 21.6 Å². The lowest BCUT2D eigenvalue weighted by molar-refractivity contribution is -0.120. The van der Waals surface area contributed by atoms with Crippen LogP contribution in [0.5, 0.6) is 5.75 Å². The fourth-order valence-electron chi connectivity index (χ4n) is 3.89. The number of piperidine rings is 1. The van der Waals surface area contributed by atoms with Gasteiger partial charge in [-0.15, -0.1) is 0 Å². The smallest absolute Gasteiger partial charge is 0.255 e. The number of carbonyl (C=O) groups excluding carboxylic acids is 2. The summed E-state index contributed by atoms with van der Waals surface area (Å²) in [7, 11) is 0. The van der Waals surface area contributed by atoms with Gasteiger partial charge in [-0.1, -0.05) is 0 Å². The predicted octanol–water partition coefficient (Wildman–Crippen LogP) is 4.73. The Morgan fingerprint density at radius 1 is 1.00 bits per heavy atom. The molecular weight excluding hydrogens is 435 g/mol. The van der Waals surface area contributed by atoms with E-state index >= 15 is 0 Å². The lowest BCUT2D eigenvalue weighted by Crippen LogP contribution is -2.38. The molecule has 2 amide bonds. The zero-order valence-corrected chi connectivity index (χ0v) is 19.0. The van der Waals surface area contributed by atoms with Gasteiger partial charge in [-0.05, 0) is 80.4 Å². The van der Waals surface area contributed by atoms with Crippen LogP contribution in [0.2, 0.25) is 0 Å². The number of hydrogen-bond acceptors (Lipinski definition) is 5. The summed E-state index contributed by atoms with van der Waals surface area (Å²) in [6.07, 6.45) is 2.95. The molecule has 2 aromatic carbocycles. The Labute approximate surface area is 198 Å². The Kier molecular flexibility index (Phi) is 7.37. The van der Waals surface area contributed by atoms with Crippen LogP contribution in [0.3, 0.4) is 0 Å². The second kappa shape index (κ2) is 10.8. The summed E-state index contributed by atoms with van der Waals surface area (Å²) in [5.74, 6) is 0.698. The Bertz CT molecular complexity index is 1130. The summed E-state index contributed by atoms with van der Waals surface area (Å²) in [6.45, 7) is 3.81. The number of hydrogen-bond donors (Lipinski definition) is 2. The molecule has 1 aliphatic heterocycles. The summed E-state index contributed by atoms with van der Waals surface area (Å²) in [4.78, 5) is 31.8. The van der Waals surface area contributed by atoms with Gasteiger partial charge in [0.25, 0.3) is 5.91 Å². The molecule has 0 radical (unpaired) electrons. The molecule has 0 saturated carbocycles. The minimum Gasteiger partial charge on any atom is -0.494 e. The van der Waals surface area contributed by atoms with Gasteiger partial charge in [-0.25, -0.2) is 9.37 Å². The van der Waals surface area contributed by atoms with Gasteiger partial charge in [0.15, 0.2) is 0 Å². The molecular formula is C26H27FN4O3. The molecule has 1 saturated heterocycles. The fourth-order valence-corrected chi connectivity index (χ4v) is 3.89.